The third-order valence-corrected chi connectivity index (χ3v) is 3.10. The van der Waals surface area contributed by atoms with Gasteiger partial charge in [-0.05, 0) is 17.1 Å². The third kappa shape index (κ3) is 3.48. The van der Waals surface area contributed by atoms with Gasteiger partial charge < -0.3 is 20.5 Å². The molecule has 10 heteroatoms. The number of carbonyl (C=O) groups is 2. The maximum atomic E-state index is 12.0. The quantitative estimate of drug-likeness (QED) is 0.587. The van der Waals surface area contributed by atoms with Gasteiger partial charge in [0, 0.05) is 13.1 Å². The summed E-state index contributed by atoms with van der Waals surface area (Å²) in [6.07, 6.45) is 2.45. The van der Waals surface area contributed by atoms with Gasteiger partial charge in [0.05, 0.1) is 12.1 Å². The van der Waals surface area contributed by atoms with Crippen molar-refractivity contribution in [3.8, 4) is 0 Å². The van der Waals surface area contributed by atoms with Gasteiger partial charge in [0.25, 0.3) is 5.91 Å². The van der Waals surface area contributed by atoms with Crippen LogP contribution in [-0.4, -0.2) is 43.0 Å². The van der Waals surface area contributed by atoms with Crippen LogP contribution in [0.3, 0.4) is 0 Å². The number of nitro groups is 1. The molecule has 23 heavy (non-hydrogen) atoms. The Balaban J connectivity index is 2.05. The Labute approximate surface area is 129 Å². The fraction of sp³-hybridized carbons (Fsp3) is 0.231. The first-order chi connectivity index (χ1) is 10.9. The number of amides is 1. The fourth-order valence-electron chi connectivity index (χ4n) is 2.00. The van der Waals surface area contributed by atoms with E-state index in [0.717, 1.165) is 6.20 Å². The second-order valence-electron chi connectivity index (χ2n) is 4.53. The van der Waals surface area contributed by atoms with Crippen LogP contribution in [0.25, 0.3) is 0 Å². The predicted octanol–water partition coefficient (Wildman–Crippen LogP) is 0.623. The molecule has 0 aromatic carbocycles. The van der Waals surface area contributed by atoms with Crippen molar-refractivity contribution in [2.75, 3.05) is 6.54 Å². The monoisotopic (exact) mass is 319 g/mol. The number of nitrogens with one attached hydrogen (secondary N) is 1. The van der Waals surface area contributed by atoms with Crippen LogP contribution in [0, 0.1) is 17.0 Å². The Bertz CT molecular complexity index is 770. The van der Waals surface area contributed by atoms with E-state index in [1.165, 1.54) is 22.9 Å². The van der Waals surface area contributed by atoms with Crippen LogP contribution in [0.1, 0.15) is 26.7 Å². The zero-order valence-electron chi connectivity index (χ0n) is 12.1. The van der Waals surface area contributed by atoms with Crippen LogP contribution in [-0.2, 0) is 6.54 Å². The van der Waals surface area contributed by atoms with Gasteiger partial charge in [0.2, 0.25) is 0 Å². The van der Waals surface area contributed by atoms with Crippen molar-refractivity contribution in [3.05, 3.63) is 51.7 Å². The lowest BCUT2D eigenvalue weighted by Crippen LogP contribution is -2.30. The smallest absolute Gasteiger partial charge is 0.342 e. The van der Waals surface area contributed by atoms with Crippen LogP contribution in [0.15, 0.2) is 24.5 Å². The number of aromatic nitrogens is 3. The molecule has 0 atom stereocenters. The number of aromatic carboxylic acids is 1. The second-order valence-corrected chi connectivity index (χ2v) is 4.53. The molecule has 0 aliphatic carbocycles. The van der Waals surface area contributed by atoms with E-state index < -0.39 is 16.8 Å². The van der Waals surface area contributed by atoms with Gasteiger partial charge in [-0.2, -0.15) is 0 Å². The summed E-state index contributed by atoms with van der Waals surface area (Å²) in [5.74, 6) is -1.66. The lowest BCUT2D eigenvalue weighted by atomic mass is 10.2. The van der Waals surface area contributed by atoms with E-state index >= 15 is 0 Å². The number of carboxylic acids is 1. The van der Waals surface area contributed by atoms with Crippen LogP contribution < -0.4 is 5.32 Å². The summed E-state index contributed by atoms with van der Waals surface area (Å²) in [4.78, 5) is 40.9. The van der Waals surface area contributed by atoms with Crippen molar-refractivity contribution in [2.24, 2.45) is 0 Å². The van der Waals surface area contributed by atoms with Gasteiger partial charge in [-0.3, -0.25) is 9.78 Å². The lowest BCUT2D eigenvalue weighted by Gasteiger charge is -2.07. The molecule has 1 amide bonds. The van der Waals surface area contributed by atoms with E-state index in [1.807, 2.05) is 0 Å². The van der Waals surface area contributed by atoms with Crippen molar-refractivity contribution in [3.63, 3.8) is 0 Å². The first-order valence-electron chi connectivity index (χ1n) is 6.55. The molecule has 10 nitrogen and oxygen atoms in total. The number of hydrogen-bond donors (Lipinski definition) is 2. The van der Waals surface area contributed by atoms with Crippen molar-refractivity contribution >= 4 is 17.7 Å². The molecule has 0 fully saturated rings. The molecule has 0 saturated heterocycles. The van der Waals surface area contributed by atoms with E-state index in [0.29, 0.717) is 5.82 Å². The first-order valence-corrected chi connectivity index (χ1v) is 6.55. The molecule has 2 heterocycles. The molecular formula is C13H13N5O5. The highest BCUT2D eigenvalue weighted by Crippen LogP contribution is 2.12. The van der Waals surface area contributed by atoms with Crippen molar-refractivity contribution in [1.82, 2.24) is 19.9 Å². The van der Waals surface area contributed by atoms with Crippen LogP contribution in [0.5, 0.6) is 0 Å². The highest BCUT2D eigenvalue weighted by atomic mass is 16.6. The topological polar surface area (TPSA) is 140 Å². The van der Waals surface area contributed by atoms with E-state index in [9.17, 15) is 19.7 Å². The van der Waals surface area contributed by atoms with Gasteiger partial charge in [0.1, 0.15) is 18.4 Å². The largest absolute Gasteiger partial charge is 0.478 e. The molecule has 0 aliphatic rings. The molecule has 0 bridgehead atoms. The van der Waals surface area contributed by atoms with Gasteiger partial charge in [-0.25, -0.2) is 14.3 Å². The Morgan fingerprint density at radius 1 is 1.43 bits per heavy atom. The highest BCUT2D eigenvalue weighted by Gasteiger charge is 2.19. The number of carboxylic acid groups (broad SMARTS) is 1. The Morgan fingerprint density at radius 2 is 2.17 bits per heavy atom. The lowest BCUT2D eigenvalue weighted by molar-refractivity contribution is -0.392. The number of pyridine rings is 1. The summed E-state index contributed by atoms with van der Waals surface area (Å²) < 4.78 is 1.34. The normalized spacial score (nSPS) is 10.3. The van der Waals surface area contributed by atoms with Crippen molar-refractivity contribution < 1.29 is 19.6 Å². The molecule has 0 unspecified atom stereocenters. The van der Waals surface area contributed by atoms with E-state index in [-0.39, 0.29) is 30.2 Å². The number of imidazole rings is 1. The summed E-state index contributed by atoms with van der Waals surface area (Å²) in [5, 5.41) is 22.4. The molecule has 2 aromatic heterocycles. The summed E-state index contributed by atoms with van der Waals surface area (Å²) >= 11 is 0. The molecule has 0 radical (unpaired) electrons. The average Bonchev–Trinajstić information content (AvgIpc) is 2.88. The zero-order chi connectivity index (χ0) is 17.0. The average molecular weight is 319 g/mol. The molecule has 120 valence electrons. The first kappa shape index (κ1) is 16.1. The van der Waals surface area contributed by atoms with Crippen LogP contribution >= 0.6 is 0 Å². The second kappa shape index (κ2) is 6.64. The van der Waals surface area contributed by atoms with Crippen LogP contribution in [0.4, 0.5) is 5.82 Å². The van der Waals surface area contributed by atoms with E-state index in [4.69, 9.17) is 5.11 Å². The van der Waals surface area contributed by atoms with E-state index in [2.05, 4.69) is 15.3 Å². The number of carbonyl (C=O) groups excluding carboxylic acids is 1. The summed E-state index contributed by atoms with van der Waals surface area (Å²) in [6.45, 7) is 1.80. The number of hydrogen-bond acceptors (Lipinski definition) is 6. The third-order valence-electron chi connectivity index (χ3n) is 3.10. The molecule has 2 aromatic rings. The summed E-state index contributed by atoms with van der Waals surface area (Å²) in [6, 6.07) is 2.69. The van der Waals surface area contributed by atoms with Gasteiger partial charge in [-0.1, -0.05) is 0 Å². The van der Waals surface area contributed by atoms with Crippen molar-refractivity contribution in [1.29, 1.82) is 0 Å². The Morgan fingerprint density at radius 3 is 2.83 bits per heavy atom. The van der Waals surface area contributed by atoms with Crippen LogP contribution in [0.2, 0.25) is 0 Å². The molecule has 2 rings (SSSR count). The molecule has 0 aliphatic heterocycles. The summed E-state index contributed by atoms with van der Waals surface area (Å²) in [7, 11) is 0. The molecule has 0 saturated carbocycles. The maximum Gasteiger partial charge on any atom is 0.342 e. The molecular weight excluding hydrogens is 306 g/mol. The number of nitrogens with zero attached hydrogens (tertiary/aromatic N) is 4. The molecule has 0 spiro atoms. The molecule has 2 N–H and O–H groups in total. The highest BCUT2D eigenvalue weighted by molar-refractivity contribution is 6.03. The minimum atomic E-state index is -1.26. The van der Waals surface area contributed by atoms with Crippen molar-refractivity contribution in [2.45, 2.75) is 13.5 Å². The zero-order valence-corrected chi connectivity index (χ0v) is 12.1. The maximum absolute atomic E-state index is 12.0. The number of aryl methyl sites for hydroxylation is 1. The van der Waals surface area contributed by atoms with E-state index in [1.54, 1.807) is 6.92 Å². The fourth-order valence-corrected chi connectivity index (χ4v) is 2.00. The van der Waals surface area contributed by atoms with Gasteiger partial charge in [0.15, 0.2) is 5.82 Å². The van der Waals surface area contributed by atoms with Gasteiger partial charge in [-0.15, -0.1) is 0 Å². The summed E-state index contributed by atoms with van der Waals surface area (Å²) in [5.41, 5.74) is -0.424. The van der Waals surface area contributed by atoms with Gasteiger partial charge >= 0.3 is 11.8 Å². The number of rotatable bonds is 6. The minimum absolute atomic E-state index is 0.0620. The Kier molecular flexibility index (Phi) is 4.64. The minimum Gasteiger partial charge on any atom is -0.478 e. The Hall–Kier alpha value is -3.30. The predicted molar refractivity (Wildman–Crippen MR) is 77.1 cm³/mol. The SMILES string of the molecule is Cc1ncc([N+](=O)[O-])n1CCNC(=O)c1ncccc1C(=O)O. The standard InChI is InChI=1S/C13H13N5O5/c1-8-16-7-10(18(22)23)17(8)6-5-15-12(19)11-9(13(20)21)3-2-4-14-11/h2-4,7H,5-6H2,1H3,(H,15,19)(H,20,21).